The number of carbonyl (C=O) groups is 1. The summed E-state index contributed by atoms with van der Waals surface area (Å²) in [6.07, 6.45) is 5.38. The predicted octanol–water partition coefficient (Wildman–Crippen LogP) is 4.74. The number of carbonyl (C=O) groups excluding carboxylic acids is 1. The van der Waals surface area contributed by atoms with Gasteiger partial charge in [-0.2, -0.15) is 4.98 Å². The van der Waals surface area contributed by atoms with Gasteiger partial charge in [0.05, 0.1) is 31.1 Å². The van der Waals surface area contributed by atoms with E-state index in [0.717, 1.165) is 44.0 Å². The molecule has 1 N–H and O–H groups in total. The molecule has 5 heterocycles. The van der Waals surface area contributed by atoms with Gasteiger partial charge in [-0.05, 0) is 37.6 Å². The highest BCUT2D eigenvalue weighted by molar-refractivity contribution is 7.21. The van der Waals surface area contributed by atoms with Crippen LogP contribution in [-0.4, -0.2) is 58.3 Å². The highest BCUT2D eigenvalue weighted by Crippen LogP contribution is 2.38. The van der Waals surface area contributed by atoms with Crippen molar-refractivity contribution in [2.45, 2.75) is 25.4 Å². The van der Waals surface area contributed by atoms with E-state index in [2.05, 4.69) is 25.2 Å². The lowest BCUT2D eigenvalue weighted by Gasteiger charge is -2.38. The van der Waals surface area contributed by atoms with Gasteiger partial charge >= 0.3 is 0 Å². The van der Waals surface area contributed by atoms with Crippen LogP contribution in [0.2, 0.25) is 5.02 Å². The molecular weight excluding hydrogens is 500 g/mol. The van der Waals surface area contributed by atoms with Crippen molar-refractivity contribution >= 4 is 50.3 Å². The second kappa shape index (κ2) is 8.95. The number of nitrogens with zero attached hydrogens (tertiary/aromatic N) is 5. The monoisotopic (exact) mass is 522 g/mol. The van der Waals surface area contributed by atoms with Gasteiger partial charge in [0.1, 0.15) is 11.6 Å². The zero-order chi connectivity index (χ0) is 24.9. The molecule has 1 unspecified atom stereocenters. The van der Waals surface area contributed by atoms with E-state index in [9.17, 15) is 4.79 Å². The maximum absolute atomic E-state index is 13.3. The van der Waals surface area contributed by atoms with Crippen LogP contribution in [0.3, 0.4) is 0 Å². The van der Waals surface area contributed by atoms with Crippen molar-refractivity contribution in [1.82, 2.24) is 19.9 Å². The van der Waals surface area contributed by atoms with Crippen molar-refractivity contribution in [1.29, 1.82) is 0 Å². The van der Waals surface area contributed by atoms with E-state index in [1.54, 1.807) is 37.7 Å². The molecule has 6 rings (SSSR count). The number of nitrogens with one attached hydrogen (secondary N) is 1. The lowest BCUT2D eigenvalue weighted by atomic mass is 9.94. The summed E-state index contributed by atoms with van der Waals surface area (Å²) < 4.78 is 11.3. The van der Waals surface area contributed by atoms with Crippen molar-refractivity contribution in [3.05, 3.63) is 52.9 Å². The molecule has 1 spiro atoms. The summed E-state index contributed by atoms with van der Waals surface area (Å²) in [6.45, 7) is 4.41. The van der Waals surface area contributed by atoms with Crippen LogP contribution in [0, 0.1) is 6.92 Å². The Balaban J connectivity index is 1.28. The highest BCUT2D eigenvalue weighted by Gasteiger charge is 2.44. The third-order valence-corrected chi connectivity index (χ3v) is 7.76. The van der Waals surface area contributed by atoms with Crippen LogP contribution in [0.5, 0.6) is 5.75 Å². The number of benzene rings is 1. The molecule has 1 amide bonds. The zero-order valence-corrected chi connectivity index (χ0v) is 21.3. The number of aromatic nitrogens is 4. The minimum Gasteiger partial charge on any atom is -0.496 e. The molecule has 2 aliphatic rings. The number of fused-ring (bicyclic) bond motifs is 1. The quantitative estimate of drug-likeness (QED) is 0.401. The molecule has 2 saturated heterocycles. The molecule has 2 aliphatic heterocycles. The summed E-state index contributed by atoms with van der Waals surface area (Å²) >= 11 is 7.54. The Morgan fingerprint density at radius 2 is 2.06 bits per heavy atom. The van der Waals surface area contributed by atoms with E-state index in [1.807, 2.05) is 13.0 Å². The summed E-state index contributed by atoms with van der Waals surface area (Å²) in [6, 6.07) is 7.13. The smallest absolute Gasteiger partial charge is 0.259 e. The van der Waals surface area contributed by atoms with Crippen molar-refractivity contribution in [3.63, 3.8) is 0 Å². The largest absolute Gasteiger partial charge is 0.496 e. The Morgan fingerprint density at radius 1 is 1.19 bits per heavy atom. The van der Waals surface area contributed by atoms with Crippen molar-refractivity contribution in [2.75, 3.05) is 37.0 Å². The number of anilines is 2. The van der Waals surface area contributed by atoms with Gasteiger partial charge in [0.2, 0.25) is 0 Å². The van der Waals surface area contributed by atoms with Gasteiger partial charge in [-0.3, -0.25) is 15.1 Å². The van der Waals surface area contributed by atoms with Gasteiger partial charge in [-0.1, -0.05) is 22.9 Å². The van der Waals surface area contributed by atoms with Gasteiger partial charge in [0.25, 0.3) is 5.91 Å². The van der Waals surface area contributed by atoms with Crippen LogP contribution >= 0.6 is 22.9 Å². The second-order valence-corrected chi connectivity index (χ2v) is 10.4. The van der Waals surface area contributed by atoms with Crippen LogP contribution < -0.4 is 15.0 Å². The average Bonchev–Trinajstić information content (AvgIpc) is 3.48. The highest BCUT2D eigenvalue weighted by atomic mass is 35.5. The van der Waals surface area contributed by atoms with Crippen molar-refractivity contribution in [2.24, 2.45) is 0 Å². The molecular formula is C25H23ClN6O3S. The number of aryl methyl sites for hydroxylation is 1. The number of halogens is 1. The van der Waals surface area contributed by atoms with E-state index >= 15 is 0 Å². The fraction of sp³-hybridized carbons (Fsp3) is 0.320. The third kappa shape index (κ3) is 4.15. The number of methoxy groups -OCH3 is 1. The standard InChI is InChI=1S/C25H23ClN6O3S/c1-14-9-16(17-10-15(26)3-4-19(17)34-2)18(11-27-14)22(33)31-24-30-21-23(36-24)29-20(12-28-21)32-7-5-25(13-32)6-8-35-25/h3-4,9-12H,5-8,13H2,1-2H3,(H,28,30,31,33). The number of ether oxygens (including phenoxy) is 2. The zero-order valence-electron chi connectivity index (χ0n) is 19.7. The molecule has 0 radical (unpaired) electrons. The maximum atomic E-state index is 13.3. The Morgan fingerprint density at radius 3 is 2.81 bits per heavy atom. The number of amides is 1. The summed E-state index contributed by atoms with van der Waals surface area (Å²) in [5.74, 6) is 1.06. The number of rotatable bonds is 5. The third-order valence-electron chi connectivity index (χ3n) is 6.67. The molecule has 4 aromatic rings. The first kappa shape index (κ1) is 23.1. The Bertz CT molecular complexity index is 1490. The van der Waals surface area contributed by atoms with Gasteiger partial charge in [-0.25, -0.2) is 9.97 Å². The van der Waals surface area contributed by atoms with Gasteiger partial charge in [-0.15, -0.1) is 0 Å². The van der Waals surface area contributed by atoms with E-state index < -0.39 is 0 Å². The van der Waals surface area contributed by atoms with Gasteiger partial charge in [0, 0.05) is 47.6 Å². The number of hydrogen-bond donors (Lipinski definition) is 1. The van der Waals surface area contributed by atoms with Gasteiger partial charge < -0.3 is 14.4 Å². The molecule has 0 saturated carbocycles. The van der Waals surface area contributed by atoms with E-state index in [0.29, 0.717) is 43.1 Å². The first-order valence-corrected chi connectivity index (χ1v) is 12.8. The first-order valence-electron chi connectivity index (χ1n) is 11.6. The van der Waals surface area contributed by atoms with Crippen molar-refractivity contribution < 1.29 is 14.3 Å². The second-order valence-electron chi connectivity index (χ2n) is 9.00. The minimum atomic E-state index is -0.345. The Kier molecular flexibility index (Phi) is 5.74. The lowest BCUT2D eigenvalue weighted by molar-refractivity contribution is -0.130. The topological polar surface area (TPSA) is 102 Å². The molecule has 1 atom stereocenters. The van der Waals surface area contributed by atoms with Crippen LogP contribution in [0.1, 0.15) is 28.9 Å². The molecule has 11 heteroatoms. The molecule has 184 valence electrons. The molecule has 0 bridgehead atoms. The summed E-state index contributed by atoms with van der Waals surface area (Å²) in [4.78, 5) is 34.3. The summed E-state index contributed by atoms with van der Waals surface area (Å²) in [7, 11) is 1.58. The number of thiazole rings is 1. The van der Waals surface area contributed by atoms with Crippen LogP contribution in [-0.2, 0) is 4.74 Å². The number of pyridine rings is 1. The molecule has 1 aromatic carbocycles. The lowest BCUT2D eigenvalue weighted by Crippen LogP contribution is -2.46. The Hall–Kier alpha value is -3.34. The molecule has 3 aromatic heterocycles. The minimum absolute atomic E-state index is 0.0189. The molecule has 9 nitrogen and oxygen atoms in total. The normalized spacial score (nSPS) is 19.0. The fourth-order valence-electron chi connectivity index (χ4n) is 4.69. The molecule has 0 aliphatic carbocycles. The number of hydrogen-bond acceptors (Lipinski definition) is 9. The van der Waals surface area contributed by atoms with E-state index in [1.165, 1.54) is 11.3 Å². The van der Waals surface area contributed by atoms with E-state index in [4.69, 9.17) is 26.1 Å². The molecule has 2 fully saturated rings. The van der Waals surface area contributed by atoms with E-state index in [-0.39, 0.29) is 11.5 Å². The van der Waals surface area contributed by atoms with Crippen LogP contribution in [0.15, 0.2) is 36.7 Å². The van der Waals surface area contributed by atoms with Gasteiger partial charge in [0.15, 0.2) is 15.6 Å². The summed E-state index contributed by atoms with van der Waals surface area (Å²) in [5, 5.41) is 3.84. The Labute approximate surface area is 216 Å². The van der Waals surface area contributed by atoms with Crippen molar-refractivity contribution in [3.8, 4) is 16.9 Å². The first-order chi connectivity index (χ1) is 17.4. The summed E-state index contributed by atoms with van der Waals surface area (Å²) in [5.41, 5.74) is 2.99. The van der Waals surface area contributed by atoms with Crippen LogP contribution in [0.25, 0.3) is 21.6 Å². The fourth-order valence-corrected chi connectivity index (χ4v) is 5.65. The SMILES string of the molecule is COc1ccc(Cl)cc1-c1cc(C)ncc1C(=O)Nc1nc2ncc(N3CCC4(CCO4)C3)nc2s1. The predicted molar refractivity (Wildman–Crippen MR) is 139 cm³/mol. The van der Waals surface area contributed by atoms with Crippen LogP contribution in [0.4, 0.5) is 10.9 Å². The average molecular weight is 523 g/mol. The maximum Gasteiger partial charge on any atom is 0.259 e. The molecule has 36 heavy (non-hydrogen) atoms.